The monoisotopic (exact) mass is 252 g/mol. The lowest BCUT2D eigenvalue weighted by Crippen LogP contribution is -2.38. The minimum Gasteiger partial charge on any atom is -0.490 e. The molecule has 0 spiro atoms. The predicted octanol–water partition coefficient (Wildman–Crippen LogP) is 2.92. The van der Waals surface area contributed by atoms with Gasteiger partial charge in [0.15, 0.2) is 0 Å². The molecule has 0 radical (unpaired) electrons. The summed E-state index contributed by atoms with van der Waals surface area (Å²) in [4.78, 5) is 0. The zero-order valence-corrected chi connectivity index (χ0v) is 11.7. The molecule has 0 heterocycles. The van der Waals surface area contributed by atoms with Gasteiger partial charge in [0.2, 0.25) is 0 Å². The number of ether oxygens (including phenoxy) is 1. The third-order valence-corrected chi connectivity index (χ3v) is 3.43. The molecule has 102 valence electrons. The number of hydrogen-bond acceptors (Lipinski definition) is 3. The fourth-order valence-corrected chi connectivity index (χ4v) is 1.50. The van der Waals surface area contributed by atoms with E-state index in [9.17, 15) is 10.2 Å². The molecule has 0 bridgehead atoms. The molecule has 18 heavy (non-hydrogen) atoms. The molecular weight excluding hydrogens is 228 g/mol. The van der Waals surface area contributed by atoms with Crippen LogP contribution >= 0.6 is 0 Å². The van der Waals surface area contributed by atoms with Crippen molar-refractivity contribution in [2.45, 2.75) is 45.8 Å². The topological polar surface area (TPSA) is 49.7 Å². The Morgan fingerprint density at radius 2 is 1.89 bits per heavy atom. The Bertz CT molecular complexity index is 372. The van der Waals surface area contributed by atoms with Crippen molar-refractivity contribution in [3.63, 3.8) is 0 Å². The van der Waals surface area contributed by atoms with Gasteiger partial charge in [0.25, 0.3) is 0 Å². The molecule has 1 aromatic carbocycles. The van der Waals surface area contributed by atoms with Gasteiger partial charge in [-0.3, -0.25) is 0 Å². The molecule has 2 atom stereocenters. The van der Waals surface area contributed by atoms with Crippen LogP contribution in [0.2, 0.25) is 0 Å². The molecule has 0 aliphatic carbocycles. The molecular formula is C15H24O3. The van der Waals surface area contributed by atoms with Gasteiger partial charge in [-0.25, -0.2) is 0 Å². The minimum atomic E-state index is -0.871. The first-order valence-corrected chi connectivity index (χ1v) is 6.50. The van der Waals surface area contributed by atoms with E-state index < -0.39 is 11.7 Å². The maximum atomic E-state index is 10.2. The Labute approximate surface area is 109 Å². The van der Waals surface area contributed by atoms with Crippen molar-refractivity contribution in [1.29, 1.82) is 0 Å². The summed E-state index contributed by atoms with van der Waals surface area (Å²) in [5.41, 5.74) is -0.0934. The van der Waals surface area contributed by atoms with Crippen LogP contribution in [0.15, 0.2) is 24.3 Å². The van der Waals surface area contributed by atoms with Gasteiger partial charge in [0.05, 0.1) is 11.7 Å². The summed E-state index contributed by atoms with van der Waals surface area (Å²) < 4.78 is 5.68. The van der Waals surface area contributed by atoms with Crippen LogP contribution < -0.4 is 4.74 Å². The average Bonchev–Trinajstić information content (AvgIpc) is 2.35. The Kier molecular flexibility index (Phi) is 5.17. The van der Waals surface area contributed by atoms with Crippen LogP contribution in [0.5, 0.6) is 5.75 Å². The highest BCUT2D eigenvalue weighted by molar-refractivity contribution is 5.35. The van der Waals surface area contributed by atoms with Crippen LogP contribution in [0.25, 0.3) is 0 Å². The molecule has 1 unspecified atom stereocenters. The molecule has 0 saturated heterocycles. The van der Waals surface area contributed by atoms with Gasteiger partial charge in [-0.15, -0.1) is 0 Å². The van der Waals surface area contributed by atoms with E-state index in [4.69, 9.17) is 4.74 Å². The Balaban J connectivity index is 2.79. The molecule has 3 heteroatoms. The number of aliphatic hydroxyl groups is 2. The fourth-order valence-electron chi connectivity index (χ4n) is 1.50. The first-order chi connectivity index (χ1) is 8.38. The Hall–Kier alpha value is -1.06. The SMILES string of the molecule is CC[C@@H](O)c1ccccc1OCC(C)(O)C(C)C. The second kappa shape index (κ2) is 6.21. The van der Waals surface area contributed by atoms with Crippen LogP contribution in [0.1, 0.15) is 45.8 Å². The number of para-hydroxylation sites is 1. The summed E-state index contributed by atoms with van der Waals surface area (Å²) in [7, 11) is 0. The second-order valence-corrected chi connectivity index (χ2v) is 5.26. The average molecular weight is 252 g/mol. The Morgan fingerprint density at radius 1 is 1.28 bits per heavy atom. The highest BCUT2D eigenvalue weighted by Gasteiger charge is 2.26. The number of rotatable bonds is 6. The lowest BCUT2D eigenvalue weighted by atomic mass is 9.93. The van der Waals surface area contributed by atoms with Crippen LogP contribution in [0.4, 0.5) is 0 Å². The molecule has 1 aromatic rings. The predicted molar refractivity (Wildman–Crippen MR) is 72.6 cm³/mol. The largest absolute Gasteiger partial charge is 0.490 e. The lowest BCUT2D eigenvalue weighted by molar-refractivity contribution is -0.0274. The van der Waals surface area contributed by atoms with Crippen LogP contribution in [0.3, 0.4) is 0 Å². The molecule has 0 aliphatic rings. The summed E-state index contributed by atoms with van der Waals surface area (Å²) in [6.07, 6.45) is 0.117. The van der Waals surface area contributed by atoms with E-state index in [0.717, 1.165) is 5.56 Å². The van der Waals surface area contributed by atoms with E-state index in [1.54, 1.807) is 6.92 Å². The standard InChI is InChI=1S/C15H24O3/c1-5-13(16)12-8-6-7-9-14(12)18-10-15(4,17)11(2)3/h6-9,11,13,16-17H,5,10H2,1-4H3/t13-,15?/m1/s1. The third kappa shape index (κ3) is 3.72. The smallest absolute Gasteiger partial charge is 0.125 e. The highest BCUT2D eigenvalue weighted by atomic mass is 16.5. The number of hydrogen-bond donors (Lipinski definition) is 2. The maximum absolute atomic E-state index is 10.2. The van der Waals surface area contributed by atoms with Crippen LogP contribution in [0, 0.1) is 5.92 Å². The van der Waals surface area contributed by atoms with Crippen molar-refractivity contribution < 1.29 is 14.9 Å². The van der Waals surface area contributed by atoms with E-state index in [-0.39, 0.29) is 12.5 Å². The van der Waals surface area contributed by atoms with Gasteiger partial charge in [-0.1, -0.05) is 39.0 Å². The zero-order chi connectivity index (χ0) is 13.8. The molecule has 0 fully saturated rings. The van der Waals surface area contributed by atoms with E-state index in [1.807, 2.05) is 45.0 Å². The quantitative estimate of drug-likeness (QED) is 0.818. The van der Waals surface area contributed by atoms with Crippen LogP contribution in [-0.2, 0) is 0 Å². The summed E-state index contributed by atoms with van der Waals surface area (Å²) in [6, 6.07) is 7.42. The zero-order valence-electron chi connectivity index (χ0n) is 11.7. The molecule has 1 rings (SSSR count). The molecule has 0 aliphatic heterocycles. The van der Waals surface area contributed by atoms with E-state index in [2.05, 4.69) is 0 Å². The molecule has 2 N–H and O–H groups in total. The molecule has 0 aromatic heterocycles. The van der Waals surface area contributed by atoms with Gasteiger partial charge >= 0.3 is 0 Å². The van der Waals surface area contributed by atoms with Crippen molar-refractivity contribution in [3.05, 3.63) is 29.8 Å². The summed E-state index contributed by atoms with van der Waals surface area (Å²) >= 11 is 0. The van der Waals surface area contributed by atoms with E-state index in [1.165, 1.54) is 0 Å². The van der Waals surface area contributed by atoms with Gasteiger partial charge in [0.1, 0.15) is 12.4 Å². The van der Waals surface area contributed by atoms with Gasteiger partial charge in [-0.05, 0) is 25.3 Å². The van der Waals surface area contributed by atoms with Crippen molar-refractivity contribution >= 4 is 0 Å². The summed E-state index contributed by atoms with van der Waals surface area (Å²) in [5.74, 6) is 0.758. The Morgan fingerprint density at radius 3 is 2.44 bits per heavy atom. The molecule has 0 saturated carbocycles. The van der Waals surface area contributed by atoms with Crippen LogP contribution in [-0.4, -0.2) is 22.4 Å². The first-order valence-electron chi connectivity index (χ1n) is 6.50. The van der Waals surface area contributed by atoms with Gasteiger partial charge in [-0.2, -0.15) is 0 Å². The first kappa shape index (κ1) is 15.0. The van der Waals surface area contributed by atoms with Crippen molar-refractivity contribution in [2.24, 2.45) is 5.92 Å². The van der Waals surface area contributed by atoms with Gasteiger partial charge < -0.3 is 14.9 Å². The highest BCUT2D eigenvalue weighted by Crippen LogP contribution is 2.28. The van der Waals surface area contributed by atoms with E-state index >= 15 is 0 Å². The minimum absolute atomic E-state index is 0.112. The van der Waals surface area contributed by atoms with Crippen molar-refractivity contribution in [1.82, 2.24) is 0 Å². The lowest BCUT2D eigenvalue weighted by Gasteiger charge is -2.28. The third-order valence-electron chi connectivity index (χ3n) is 3.43. The molecule has 0 amide bonds. The second-order valence-electron chi connectivity index (χ2n) is 5.26. The molecule has 3 nitrogen and oxygen atoms in total. The summed E-state index contributed by atoms with van der Waals surface area (Å²) in [5, 5.41) is 20.1. The van der Waals surface area contributed by atoms with Crippen molar-refractivity contribution in [2.75, 3.05) is 6.61 Å². The number of aliphatic hydroxyl groups excluding tert-OH is 1. The fraction of sp³-hybridized carbons (Fsp3) is 0.600. The maximum Gasteiger partial charge on any atom is 0.125 e. The van der Waals surface area contributed by atoms with Gasteiger partial charge in [0, 0.05) is 5.56 Å². The van der Waals surface area contributed by atoms with E-state index in [0.29, 0.717) is 12.2 Å². The normalized spacial score (nSPS) is 16.4. The summed E-state index contributed by atoms with van der Waals surface area (Å²) in [6.45, 7) is 7.81. The number of benzene rings is 1. The van der Waals surface area contributed by atoms with Crippen molar-refractivity contribution in [3.8, 4) is 5.75 Å².